The minimum absolute atomic E-state index is 0.127. The highest BCUT2D eigenvalue weighted by molar-refractivity contribution is 5.89. The molecule has 3 rings (SSSR count). The first kappa shape index (κ1) is 18.8. The number of nitrogens with zero attached hydrogens (tertiary/aromatic N) is 2. The molecular formula is C23H18N2O3. The number of hydrogen-bond acceptors (Lipinski definition) is 5. The molecule has 2 aromatic carbocycles. The molecule has 0 unspecified atom stereocenters. The van der Waals surface area contributed by atoms with Crippen molar-refractivity contribution in [2.45, 2.75) is 6.42 Å². The van der Waals surface area contributed by atoms with Crippen LogP contribution in [0, 0.1) is 23.7 Å². The number of hydrogen-bond donors (Lipinski definition) is 0. The van der Waals surface area contributed by atoms with Crippen molar-refractivity contribution in [2.24, 2.45) is 0 Å². The molecule has 1 aromatic heterocycles. The summed E-state index contributed by atoms with van der Waals surface area (Å²) in [6.07, 6.45) is 9.32. The lowest BCUT2D eigenvalue weighted by Crippen LogP contribution is -2.01. The Kier molecular flexibility index (Phi) is 5.79. The number of oxazole rings is 1. The fourth-order valence-corrected chi connectivity index (χ4v) is 2.80. The molecule has 0 N–H and O–H groups in total. The van der Waals surface area contributed by atoms with E-state index in [1.165, 1.54) is 0 Å². The second-order valence-electron chi connectivity index (χ2n) is 5.85. The highest BCUT2D eigenvalue weighted by Gasteiger charge is 2.14. The number of fused-ring (bicyclic) bond motifs is 1. The maximum atomic E-state index is 9.62. The predicted molar refractivity (Wildman–Crippen MR) is 109 cm³/mol. The molecule has 0 aliphatic carbocycles. The quantitative estimate of drug-likeness (QED) is 0.344. The third kappa shape index (κ3) is 3.90. The summed E-state index contributed by atoms with van der Waals surface area (Å²) >= 11 is 0. The number of benzene rings is 2. The molecule has 0 atom stereocenters. The first-order chi connectivity index (χ1) is 13.7. The molecule has 0 aliphatic rings. The van der Waals surface area contributed by atoms with Crippen LogP contribution < -0.4 is 9.47 Å². The van der Waals surface area contributed by atoms with Crippen molar-refractivity contribution >= 4 is 22.7 Å². The van der Waals surface area contributed by atoms with Crippen LogP contribution in [0.2, 0.25) is 0 Å². The van der Waals surface area contributed by atoms with Gasteiger partial charge in [-0.05, 0) is 42.3 Å². The van der Waals surface area contributed by atoms with Crippen LogP contribution in [0.25, 0.3) is 22.7 Å². The lowest BCUT2D eigenvalue weighted by atomic mass is 10.0. The molecule has 0 bridgehead atoms. The Hall–Kier alpha value is -3.96. The molecule has 1 heterocycles. The average Bonchev–Trinajstić information content (AvgIpc) is 3.15. The topological polar surface area (TPSA) is 68.3 Å². The Balaban J connectivity index is 2.07. The van der Waals surface area contributed by atoms with Gasteiger partial charge in [0.15, 0.2) is 17.1 Å². The molecule has 5 nitrogen and oxygen atoms in total. The molecule has 0 fully saturated rings. The number of allylic oxidation sites excluding steroid dienone is 2. The minimum Gasteiger partial charge on any atom is -0.493 e. The molecule has 0 amide bonds. The number of nitriles is 1. The van der Waals surface area contributed by atoms with E-state index < -0.39 is 0 Å². The Morgan fingerprint density at radius 2 is 2.18 bits per heavy atom. The monoisotopic (exact) mass is 370 g/mol. The summed E-state index contributed by atoms with van der Waals surface area (Å²) in [5.74, 6) is 3.80. The summed E-state index contributed by atoms with van der Waals surface area (Å²) in [6.45, 7) is 3.91. The second-order valence-corrected chi connectivity index (χ2v) is 5.85. The van der Waals surface area contributed by atoms with Gasteiger partial charge in [-0.2, -0.15) is 5.26 Å². The highest BCUT2D eigenvalue weighted by atomic mass is 16.5. The molecule has 28 heavy (non-hydrogen) atoms. The zero-order valence-corrected chi connectivity index (χ0v) is 15.4. The van der Waals surface area contributed by atoms with Gasteiger partial charge in [-0.1, -0.05) is 24.1 Å². The van der Waals surface area contributed by atoms with E-state index in [-0.39, 0.29) is 12.5 Å². The number of methoxy groups -OCH3 is 1. The van der Waals surface area contributed by atoms with E-state index in [4.69, 9.17) is 20.3 Å². The molecule has 138 valence electrons. The second kappa shape index (κ2) is 8.62. The summed E-state index contributed by atoms with van der Waals surface area (Å²) in [7, 11) is 1.55. The number of ether oxygens (including phenoxy) is 2. The molecule has 0 saturated heterocycles. The Labute approximate surface area is 163 Å². The number of para-hydroxylation sites is 2. The van der Waals surface area contributed by atoms with Gasteiger partial charge in [-0.3, -0.25) is 0 Å². The van der Waals surface area contributed by atoms with Gasteiger partial charge in [0.05, 0.1) is 7.11 Å². The van der Waals surface area contributed by atoms with Gasteiger partial charge in [0.25, 0.3) is 0 Å². The zero-order chi connectivity index (χ0) is 19.9. The summed E-state index contributed by atoms with van der Waals surface area (Å²) < 4.78 is 16.8. The lowest BCUT2D eigenvalue weighted by Gasteiger charge is -2.14. The van der Waals surface area contributed by atoms with Crippen molar-refractivity contribution in [1.82, 2.24) is 4.98 Å². The van der Waals surface area contributed by atoms with Crippen LogP contribution in [0.4, 0.5) is 0 Å². The number of aromatic nitrogens is 1. The molecule has 0 spiro atoms. The smallest absolute Gasteiger partial charge is 0.238 e. The van der Waals surface area contributed by atoms with E-state index in [0.717, 1.165) is 11.1 Å². The lowest BCUT2D eigenvalue weighted by molar-refractivity contribution is 0.328. The Morgan fingerprint density at radius 3 is 2.86 bits per heavy atom. The molecule has 0 radical (unpaired) electrons. The van der Waals surface area contributed by atoms with Crippen LogP contribution in [0.1, 0.15) is 17.0 Å². The summed E-state index contributed by atoms with van der Waals surface area (Å²) in [5, 5.41) is 9.62. The minimum atomic E-state index is 0.127. The normalized spacial score (nSPS) is 10.9. The van der Waals surface area contributed by atoms with Gasteiger partial charge in [0, 0.05) is 5.56 Å². The fourth-order valence-electron chi connectivity index (χ4n) is 2.80. The van der Waals surface area contributed by atoms with Crippen LogP contribution in [0.3, 0.4) is 0 Å². The molecular weight excluding hydrogens is 352 g/mol. The van der Waals surface area contributed by atoms with E-state index in [0.29, 0.717) is 34.6 Å². The van der Waals surface area contributed by atoms with Crippen LogP contribution in [0.5, 0.6) is 11.5 Å². The maximum absolute atomic E-state index is 9.62. The largest absolute Gasteiger partial charge is 0.493 e. The van der Waals surface area contributed by atoms with E-state index in [2.05, 4.69) is 23.6 Å². The number of rotatable bonds is 7. The van der Waals surface area contributed by atoms with E-state index in [1.54, 1.807) is 25.3 Å². The van der Waals surface area contributed by atoms with Crippen molar-refractivity contribution in [2.75, 3.05) is 13.7 Å². The molecule has 3 aromatic rings. The summed E-state index contributed by atoms with van der Waals surface area (Å²) in [4.78, 5) is 4.39. The van der Waals surface area contributed by atoms with Crippen LogP contribution in [-0.2, 0) is 6.42 Å². The van der Waals surface area contributed by atoms with Crippen molar-refractivity contribution in [3.8, 4) is 29.9 Å². The predicted octanol–water partition coefficient (Wildman–Crippen LogP) is 4.64. The van der Waals surface area contributed by atoms with Crippen LogP contribution in [-0.4, -0.2) is 18.7 Å². The average molecular weight is 370 g/mol. The Bertz CT molecular complexity index is 1090. The maximum Gasteiger partial charge on any atom is 0.238 e. The van der Waals surface area contributed by atoms with E-state index in [9.17, 15) is 5.26 Å². The van der Waals surface area contributed by atoms with Gasteiger partial charge in [0.2, 0.25) is 5.89 Å². The third-order valence-corrected chi connectivity index (χ3v) is 3.99. The SMILES string of the molecule is C#CCOc1c(CC=C)cc(/C=C(\C#N)c2nc3ccccc3o2)cc1OC. The highest BCUT2D eigenvalue weighted by Crippen LogP contribution is 2.35. The Morgan fingerprint density at radius 1 is 1.36 bits per heavy atom. The van der Waals surface area contributed by atoms with Crippen molar-refractivity contribution in [1.29, 1.82) is 5.26 Å². The molecule has 0 aliphatic heterocycles. The van der Waals surface area contributed by atoms with Gasteiger partial charge >= 0.3 is 0 Å². The summed E-state index contributed by atoms with van der Waals surface area (Å²) in [6, 6.07) is 13.2. The van der Waals surface area contributed by atoms with E-state index >= 15 is 0 Å². The fraction of sp³-hybridized carbons (Fsp3) is 0.130. The first-order valence-corrected chi connectivity index (χ1v) is 8.56. The molecule has 0 saturated carbocycles. The van der Waals surface area contributed by atoms with Crippen molar-refractivity contribution < 1.29 is 13.9 Å². The summed E-state index contributed by atoms with van der Waals surface area (Å²) in [5.41, 5.74) is 3.23. The van der Waals surface area contributed by atoms with Crippen LogP contribution in [0.15, 0.2) is 53.5 Å². The van der Waals surface area contributed by atoms with Crippen molar-refractivity contribution in [3.63, 3.8) is 0 Å². The number of terminal acetylenes is 1. The van der Waals surface area contributed by atoms with E-state index in [1.807, 2.05) is 30.3 Å². The van der Waals surface area contributed by atoms with Gasteiger partial charge in [-0.25, -0.2) is 4.98 Å². The first-order valence-electron chi connectivity index (χ1n) is 8.56. The third-order valence-electron chi connectivity index (χ3n) is 3.99. The van der Waals surface area contributed by atoms with Gasteiger partial charge in [0.1, 0.15) is 23.8 Å². The zero-order valence-electron chi connectivity index (χ0n) is 15.4. The standard InChI is InChI=1S/C23H18N2O3/c1-4-8-17-12-16(14-21(26-3)22(17)27-11-5-2)13-18(15-24)23-25-19-9-6-7-10-20(19)28-23/h2,4,6-7,9-10,12-14H,1,8,11H2,3H3/b18-13+. The van der Waals surface area contributed by atoms with Crippen molar-refractivity contribution in [3.05, 3.63) is 66.1 Å². The van der Waals surface area contributed by atoms with Gasteiger partial charge in [-0.15, -0.1) is 13.0 Å². The van der Waals surface area contributed by atoms with Gasteiger partial charge < -0.3 is 13.9 Å². The molecule has 5 heteroatoms. The van der Waals surface area contributed by atoms with Crippen LogP contribution >= 0.6 is 0 Å².